The lowest BCUT2D eigenvalue weighted by Gasteiger charge is -2.37. The fourth-order valence-corrected chi connectivity index (χ4v) is 5.83. The van der Waals surface area contributed by atoms with Crippen molar-refractivity contribution in [3.8, 4) is 0 Å². The summed E-state index contributed by atoms with van der Waals surface area (Å²) >= 11 is 1.55. The largest absolute Gasteiger partial charge is 0.379 e. The van der Waals surface area contributed by atoms with Crippen LogP contribution in [0.3, 0.4) is 0 Å². The van der Waals surface area contributed by atoms with Crippen molar-refractivity contribution in [1.29, 1.82) is 0 Å². The van der Waals surface area contributed by atoms with Crippen molar-refractivity contribution >= 4 is 35.0 Å². The number of carbonyl (C=O) groups is 2. The molecule has 2 fully saturated rings. The van der Waals surface area contributed by atoms with E-state index in [2.05, 4.69) is 47.2 Å². The number of fused-ring (bicyclic) bond motifs is 1. The Morgan fingerprint density at radius 2 is 1.76 bits per heavy atom. The predicted octanol–water partition coefficient (Wildman–Crippen LogP) is 2.97. The lowest BCUT2D eigenvalue weighted by molar-refractivity contribution is -0.119. The molecule has 5 rings (SSSR count). The van der Waals surface area contributed by atoms with Gasteiger partial charge < -0.3 is 19.9 Å². The molecule has 2 aromatic carbocycles. The molecule has 3 aliphatic heterocycles. The first-order valence-corrected chi connectivity index (χ1v) is 12.4. The summed E-state index contributed by atoms with van der Waals surface area (Å²) in [5.41, 5.74) is 5.12. The number of piperazine rings is 1. The van der Waals surface area contributed by atoms with Crippen LogP contribution in [-0.4, -0.2) is 79.5 Å². The second kappa shape index (κ2) is 9.37. The first-order chi connectivity index (χ1) is 16.0. The molecule has 2 amide bonds. The van der Waals surface area contributed by atoms with Gasteiger partial charge in [0.25, 0.3) is 11.8 Å². The third-order valence-corrected chi connectivity index (χ3v) is 7.94. The molecule has 0 saturated carbocycles. The fraction of sp³-hybridized carbons (Fsp3) is 0.440. The normalized spacial score (nSPS) is 21.5. The van der Waals surface area contributed by atoms with Gasteiger partial charge in [-0.2, -0.15) is 0 Å². The van der Waals surface area contributed by atoms with E-state index >= 15 is 0 Å². The summed E-state index contributed by atoms with van der Waals surface area (Å²) in [5.74, 6) is -0.00546. The average Bonchev–Trinajstić information content (AvgIpc) is 2.85. The number of amides is 2. The molecule has 0 spiro atoms. The Morgan fingerprint density at radius 1 is 1.00 bits per heavy atom. The molecule has 3 aliphatic rings. The number of morpholine rings is 1. The highest BCUT2D eigenvalue weighted by Gasteiger charge is 2.33. The number of rotatable bonds is 3. The van der Waals surface area contributed by atoms with Gasteiger partial charge in [0.2, 0.25) is 0 Å². The smallest absolute Gasteiger partial charge is 0.254 e. The Hall–Kier alpha value is -2.55. The lowest BCUT2D eigenvalue weighted by atomic mass is 10.1. The maximum absolute atomic E-state index is 13.2. The Bertz CT molecular complexity index is 1060. The second-order valence-corrected chi connectivity index (χ2v) is 10.0. The van der Waals surface area contributed by atoms with E-state index in [1.807, 2.05) is 23.1 Å². The third-order valence-electron chi connectivity index (χ3n) is 6.60. The van der Waals surface area contributed by atoms with Crippen molar-refractivity contribution in [3.63, 3.8) is 0 Å². The van der Waals surface area contributed by atoms with Crippen LogP contribution in [-0.2, 0) is 9.53 Å². The van der Waals surface area contributed by atoms with Crippen LogP contribution in [0.5, 0.6) is 0 Å². The van der Waals surface area contributed by atoms with E-state index in [0.29, 0.717) is 31.9 Å². The zero-order valence-corrected chi connectivity index (χ0v) is 20.0. The monoisotopic (exact) mass is 466 g/mol. The number of thioether (sulfide) groups is 1. The number of nitrogens with one attached hydrogen (secondary N) is 1. The van der Waals surface area contributed by atoms with Gasteiger partial charge in [0.05, 0.1) is 18.9 Å². The molecular formula is C25H30N4O3S. The molecule has 0 unspecified atom stereocenters. The van der Waals surface area contributed by atoms with Crippen LogP contribution in [0.2, 0.25) is 0 Å². The maximum Gasteiger partial charge on any atom is 0.254 e. The van der Waals surface area contributed by atoms with Crippen LogP contribution >= 0.6 is 11.8 Å². The summed E-state index contributed by atoms with van der Waals surface area (Å²) in [7, 11) is 0. The summed E-state index contributed by atoms with van der Waals surface area (Å²) in [4.78, 5) is 33.4. The first-order valence-electron chi connectivity index (χ1n) is 11.5. The van der Waals surface area contributed by atoms with Crippen LogP contribution in [0, 0.1) is 13.8 Å². The maximum atomic E-state index is 13.2. The van der Waals surface area contributed by atoms with Gasteiger partial charge in [-0.05, 0) is 49.2 Å². The van der Waals surface area contributed by atoms with Crippen LogP contribution in [0.4, 0.5) is 11.4 Å². The summed E-state index contributed by atoms with van der Waals surface area (Å²) in [6.07, 6.45) is 0. The molecule has 0 aliphatic carbocycles. The lowest BCUT2D eigenvalue weighted by Crippen LogP contribution is -2.49. The van der Waals surface area contributed by atoms with Crippen LogP contribution in [0.15, 0.2) is 41.3 Å². The summed E-state index contributed by atoms with van der Waals surface area (Å²) < 4.78 is 5.41. The van der Waals surface area contributed by atoms with Gasteiger partial charge in [-0.3, -0.25) is 14.5 Å². The summed E-state index contributed by atoms with van der Waals surface area (Å²) in [5, 5.41) is 2.78. The minimum atomic E-state index is -0.249. The van der Waals surface area contributed by atoms with E-state index in [-0.39, 0.29) is 17.2 Å². The highest BCUT2D eigenvalue weighted by Crippen LogP contribution is 2.38. The number of nitrogens with zero attached hydrogens (tertiary/aromatic N) is 3. The Kier molecular flexibility index (Phi) is 6.32. The Morgan fingerprint density at radius 3 is 2.52 bits per heavy atom. The topological polar surface area (TPSA) is 65.1 Å². The van der Waals surface area contributed by atoms with E-state index in [9.17, 15) is 9.59 Å². The summed E-state index contributed by atoms with van der Waals surface area (Å²) in [6.45, 7) is 10.1. The van der Waals surface area contributed by atoms with Gasteiger partial charge in [0, 0.05) is 55.4 Å². The minimum Gasteiger partial charge on any atom is -0.379 e. The van der Waals surface area contributed by atoms with E-state index in [4.69, 9.17) is 4.74 Å². The van der Waals surface area contributed by atoms with E-state index in [0.717, 1.165) is 36.8 Å². The summed E-state index contributed by atoms with van der Waals surface area (Å²) in [6, 6.07) is 12.2. The number of benzene rings is 2. The van der Waals surface area contributed by atoms with E-state index < -0.39 is 0 Å². The SMILES string of the molecule is Cc1ccc(C)c(N2CCN(C(=O)c3ccc4c(c3)NC(=O)[C@H](N3CCOCC3)S4)CC2)c1. The molecule has 1 N–H and O–H groups in total. The van der Waals surface area contributed by atoms with Gasteiger partial charge in [-0.15, -0.1) is 0 Å². The van der Waals surface area contributed by atoms with Gasteiger partial charge in [0.1, 0.15) is 5.37 Å². The molecule has 0 aromatic heterocycles. The standard InChI is InChI=1S/C25H30N4O3S/c1-17-3-4-18(2)21(15-17)27-7-9-28(10-8-27)24(31)19-5-6-22-20(16-19)26-23(30)25(33-22)29-11-13-32-14-12-29/h3-6,15-16,25H,7-14H2,1-2H3,(H,26,30)/t25-/m1/s1. The van der Waals surface area contributed by atoms with Gasteiger partial charge in [-0.25, -0.2) is 0 Å². The van der Waals surface area contributed by atoms with Gasteiger partial charge in [0.15, 0.2) is 0 Å². The first kappa shape index (κ1) is 22.3. The highest BCUT2D eigenvalue weighted by molar-refractivity contribution is 8.00. The minimum absolute atomic E-state index is 0.0213. The molecule has 0 radical (unpaired) electrons. The van der Waals surface area contributed by atoms with E-state index in [1.54, 1.807) is 11.8 Å². The molecule has 2 saturated heterocycles. The Balaban J connectivity index is 1.25. The fourth-order valence-electron chi connectivity index (χ4n) is 4.68. The number of aryl methyl sites for hydroxylation is 2. The number of hydrogen-bond acceptors (Lipinski definition) is 6. The molecule has 7 nitrogen and oxygen atoms in total. The Labute approximate surface area is 199 Å². The van der Waals surface area contributed by atoms with Crippen molar-refractivity contribution in [1.82, 2.24) is 9.80 Å². The zero-order valence-electron chi connectivity index (χ0n) is 19.2. The third kappa shape index (κ3) is 4.60. The van der Waals surface area contributed by atoms with Crippen molar-refractivity contribution < 1.29 is 14.3 Å². The molecule has 174 valence electrons. The van der Waals surface area contributed by atoms with Crippen molar-refractivity contribution in [2.24, 2.45) is 0 Å². The van der Waals surface area contributed by atoms with Crippen LogP contribution in [0.25, 0.3) is 0 Å². The van der Waals surface area contributed by atoms with Gasteiger partial charge >= 0.3 is 0 Å². The predicted molar refractivity (Wildman–Crippen MR) is 131 cm³/mol. The number of ether oxygens (including phenoxy) is 1. The van der Waals surface area contributed by atoms with Crippen LogP contribution < -0.4 is 10.2 Å². The molecule has 8 heteroatoms. The number of anilines is 2. The van der Waals surface area contributed by atoms with Crippen molar-refractivity contribution in [3.05, 3.63) is 53.1 Å². The molecule has 33 heavy (non-hydrogen) atoms. The molecular weight excluding hydrogens is 436 g/mol. The highest BCUT2D eigenvalue weighted by atomic mass is 32.2. The van der Waals surface area contributed by atoms with Crippen molar-refractivity contribution in [2.45, 2.75) is 24.1 Å². The van der Waals surface area contributed by atoms with Crippen molar-refractivity contribution in [2.75, 3.05) is 62.7 Å². The molecule has 2 aromatic rings. The molecule has 1 atom stereocenters. The molecule has 3 heterocycles. The molecule has 0 bridgehead atoms. The number of carbonyl (C=O) groups excluding carboxylic acids is 2. The van der Waals surface area contributed by atoms with Crippen LogP contribution in [0.1, 0.15) is 21.5 Å². The number of hydrogen-bond donors (Lipinski definition) is 1. The van der Waals surface area contributed by atoms with Gasteiger partial charge in [-0.1, -0.05) is 23.9 Å². The quantitative estimate of drug-likeness (QED) is 0.750. The zero-order chi connectivity index (χ0) is 22.9. The second-order valence-electron chi connectivity index (χ2n) is 8.89. The van der Waals surface area contributed by atoms with E-state index in [1.165, 1.54) is 16.8 Å². The average molecular weight is 467 g/mol.